The number of carbonyl (C=O) groups excluding carboxylic acids is 4. The van der Waals surface area contributed by atoms with Gasteiger partial charge in [-0.1, -0.05) is 70.7 Å². The summed E-state index contributed by atoms with van der Waals surface area (Å²) in [5.41, 5.74) is 2.22. The van der Waals surface area contributed by atoms with E-state index in [9.17, 15) is 23.6 Å². The van der Waals surface area contributed by atoms with Gasteiger partial charge in [0.2, 0.25) is 15.6 Å². The molecule has 3 aromatic carbocycles. The Morgan fingerprint density at radius 3 is 2.46 bits per heavy atom. The second kappa shape index (κ2) is 15.4. The van der Waals surface area contributed by atoms with Crippen LogP contribution in [0.3, 0.4) is 0 Å². The lowest BCUT2D eigenvalue weighted by molar-refractivity contribution is -0.137. The molecule has 7 rings (SSSR count). The summed E-state index contributed by atoms with van der Waals surface area (Å²) in [6.07, 6.45) is 1.63. The third-order valence-corrected chi connectivity index (χ3v) is 9.82. The number of nitrogens with zero attached hydrogens (tertiary/aromatic N) is 7. The van der Waals surface area contributed by atoms with E-state index in [0.717, 1.165) is 21.4 Å². The van der Waals surface area contributed by atoms with Crippen molar-refractivity contribution < 1.29 is 32.7 Å². The number of halogens is 6. The van der Waals surface area contributed by atoms with Gasteiger partial charge >= 0.3 is 6.09 Å². The predicted octanol–water partition coefficient (Wildman–Crippen LogP) is 7.75. The van der Waals surface area contributed by atoms with E-state index in [1.807, 2.05) is 0 Å². The molecule has 2 amide bonds. The first-order valence-electron chi connectivity index (χ1n) is 16.8. The zero-order valence-corrected chi connectivity index (χ0v) is 32.3. The Balaban J connectivity index is 1.12. The number of carbonyl (C=O) groups is 4. The lowest BCUT2D eigenvalue weighted by Gasteiger charge is -2.24. The number of likely N-dealkylation sites (tertiary alicyclic amines) is 1. The zero-order valence-electron chi connectivity index (χ0n) is 29.3. The van der Waals surface area contributed by atoms with Crippen LogP contribution in [0.5, 0.6) is 0 Å². The van der Waals surface area contributed by atoms with Gasteiger partial charge < -0.3 is 15.0 Å². The number of ether oxygens (including phenoxy) is 1. The van der Waals surface area contributed by atoms with Crippen molar-refractivity contribution in [3.63, 3.8) is 0 Å². The number of alkyl halides is 4. The molecule has 0 bridgehead atoms. The first kappa shape index (κ1) is 39.0. The molecule has 1 N–H and O–H groups in total. The molecule has 13 nitrogen and oxygen atoms in total. The number of aromatic nitrogens is 6. The van der Waals surface area contributed by atoms with E-state index in [2.05, 4.69) is 25.4 Å². The van der Waals surface area contributed by atoms with Gasteiger partial charge in [-0.2, -0.15) is 5.10 Å². The lowest BCUT2D eigenvalue weighted by atomic mass is 10.0. The van der Waals surface area contributed by atoms with Crippen LogP contribution in [0, 0.1) is 12.7 Å². The fourth-order valence-corrected chi connectivity index (χ4v) is 7.00. The summed E-state index contributed by atoms with van der Waals surface area (Å²) < 4.78 is 36.6. The van der Waals surface area contributed by atoms with Crippen molar-refractivity contribution >= 4 is 97.7 Å². The van der Waals surface area contributed by atoms with Crippen molar-refractivity contribution in [2.75, 3.05) is 18.5 Å². The Kier molecular flexibility index (Phi) is 10.7. The van der Waals surface area contributed by atoms with Gasteiger partial charge in [-0.05, 0) is 36.8 Å². The maximum Gasteiger partial charge on any atom is 0.419 e. The molecule has 2 atom stereocenters. The lowest BCUT2D eigenvalue weighted by Crippen LogP contribution is -2.44. The van der Waals surface area contributed by atoms with Crippen LogP contribution < -0.4 is 5.32 Å². The van der Waals surface area contributed by atoms with Gasteiger partial charge in [-0.25, -0.2) is 33.1 Å². The summed E-state index contributed by atoms with van der Waals surface area (Å²) in [4.78, 5) is 66.4. The van der Waals surface area contributed by atoms with E-state index in [0.29, 0.717) is 22.3 Å². The quantitative estimate of drug-likeness (QED) is 0.120. The summed E-state index contributed by atoms with van der Waals surface area (Å²) in [5, 5.41) is 7.31. The highest BCUT2D eigenvalue weighted by Crippen LogP contribution is 2.38. The molecular weight excluding hydrogens is 816 g/mol. The maximum absolute atomic E-state index is 16.2. The van der Waals surface area contributed by atoms with Gasteiger partial charge in [0, 0.05) is 47.8 Å². The molecule has 1 saturated heterocycles. The Labute approximate surface area is 336 Å². The number of rotatable bonds is 8. The average Bonchev–Trinajstić information content (AvgIpc) is 3.87. The van der Waals surface area contributed by atoms with Crippen LogP contribution in [0.15, 0.2) is 67.3 Å². The molecular formula is C37H28Cl4F2N8O5. The Morgan fingerprint density at radius 2 is 1.75 bits per heavy atom. The Hall–Kier alpha value is -5.22. The first-order chi connectivity index (χ1) is 26.6. The highest BCUT2D eigenvalue weighted by molar-refractivity contribution is 6.67. The zero-order chi connectivity index (χ0) is 40.1. The first-order valence-corrected chi connectivity index (χ1v) is 18.3. The molecule has 1 aliphatic rings. The summed E-state index contributed by atoms with van der Waals surface area (Å²) in [6, 6.07) is 11.1. The minimum atomic E-state index is -1.87. The SMILES string of the molecule is CC(=O)c1nn(CC(=O)N2C[C@H](F)C[C@H]2C(=O)Nc2cccc(-c3ccc4ncn(C(=O)OCC(Cl)(Cl)Cl)c4c3Cl)c2F)c2ccc(-c3cnc(C)nc3)cc12. The number of Topliss-reactive ketones (excluding diaryl/α,β-unsaturated/α-hetero) is 1. The topological polar surface area (TPSA) is 154 Å². The highest BCUT2D eigenvalue weighted by atomic mass is 35.6. The van der Waals surface area contributed by atoms with E-state index in [4.69, 9.17) is 51.1 Å². The van der Waals surface area contributed by atoms with E-state index in [-0.39, 0.29) is 57.3 Å². The molecule has 4 heterocycles. The average molecular weight is 844 g/mol. The highest BCUT2D eigenvalue weighted by Gasteiger charge is 2.40. The van der Waals surface area contributed by atoms with E-state index in [1.54, 1.807) is 37.5 Å². The number of benzene rings is 3. The number of hydrogen-bond donors (Lipinski definition) is 1. The van der Waals surface area contributed by atoms with Crippen molar-refractivity contribution in [3.8, 4) is 22.3 Å². The van der Waals surface area contributed by atoms with Gasteiger partial charge in [0.05, 0.1) is 33.8 Å². The van der Waals surface area contributed by atoms with E-state index in [1.165, 1.54) is 41.9 Å². The second-order valence-corrected chi connectivity index (χ2v) is 15.8. The number of hydrogen-bond acceptors (Lipinski definition) is 9. The predicted molar refractivity (Wildman–Crippen MR) is 206 cm³/mol. The Bertz CT molecular complexity index is 2560. The number of anilines is 1. The minimum absolute atomic E-state index is 0.0512. The molecule has 19 heteroatoms. The van der Waals surface area contributed by atoms with Crippen molar-refractivity contribution in [2.24, 2.45) is 0 Å². The fraction of sp³-hybridized carbons (Fsp3) is 0.243. The third kappa shape index (κ3) is 7.76. The summed E-state index contributed by atoms with van der Waals surface area (Å²) in [7, 11) is 0. The normalized spacial score (nSPS) is 15.8. The second-order valence-electron chi connectivity index (χ2n) is 12.9. The number of imidazole rings is 1. The van der Waals surface area contributed by atoms with Crippen LogP contribution in [-0.4, -0.2) is 87.0 Å². The van der Waals surface area contributed by atoms with Crippen LogP contribution in [0.1, 0.15) is 29.7 Å². The summed E-state index contributed by atoms with van der Waals surface area (Å²) in [5.74, 6) is -2.10. The smallest absolute Gasteiger partial charge is 0.419 e. The molecule has 0 aliphatic carbocycles. The maximum atomic E-state index is 16.2. The Morgan fingerprint density at radius 1 is 1.00 bits per heavy atom. The van der Waals surface area contributed by atoms with E-state index < -0.39 is 52.9 Å². The fourth-order valence-electron chi connectivity index (χ4n) is 6.49. The number of ketones is 1. The standard InChI is InChI=1S/C37H28Cl4F2N8O5/c1-18(52)33-25-10-20(21-12-44-19(2)45-13-21)6-9-28(25)51(48-33)15-30(53)49-14-22(42)11-29(49)35(54)47-26-5-3-4-24(32(26)43)23-7-8-27-34(31(23)38)50(17-46-27)36(55)56-16-37(39,40)41/h3-10,12-13,17,22,29H,11,14-16H2,1-2H3,(H,47,54)/t22-,29+/m1/s1. The van der Waals surface area contributed by atoms with E-state index >= 15 is 4.39 Å². The summed E-state index contributed by atoms with van der Waals surface area (Å²) in [6.45, 7) is 1.75. The number of nitrogens with one attached hydrogen (secondary N) is 1. The van der Waals surface area contributed by atoms with Crippen molar-refractivity contribution in [1.82, 2.24) is 34.2 Å². The largest absolute Gasteiger partial charge is 0.444 e. The minimum Gasteiger partial charge on any atom is -0.444 e. The van der Waals surface area contributed by atoms with Crippen LogP contribution in [-0.2, 0) is 20.9 Å². The molecule has 1 fully saturated rings. The molecule has 0 saturated carbocycles. The third-order valence-electron chi connectivity index (χ3n) is 9.11. The number of aryl methyl sites for hydroxylation is 1. The molecule has 56 heavy (non-hydrogen) atoms. The van der Waals surface area contributed by atoms with Crippen LogP contribution in [0.25, 0.3) is 44.2 Å². The van der Waals surface area contributed by atoms with Gasteiger partial charge in [-0.15, -0.1) is 0 Å². The molecule has 3 aromatic heterocycles. The van der Waals surface area contributed by atoms with Crippen LogP contribution in [0.2, 0.25) is 5.02 Å². The van der Waals surface area contributed by atoms with Crippen LogP contribution in [0.4, 0.5) is 19.3 Å². The number of amides is 2. The molecule has 6 aromatic rings. The van der Waals surface area contributed by atoms with Gasteiger partial charge in [-0.3, -0.25) is 19.1 Å². The van der Waals surface area contributed by atoms with Crippen LogP contribution >= 0.6 is 46.4 Å². The van der Waals surface area contributed by atoms with Gasteiger partial charge in [0.15, 0.2) is 11.6 Å². The van der Waals surface area contributed by atoms with Crippen molar-refractivity contribution in [2.45, 2.75) is 42.8 Å². The van der Waals surface area contributed by atoms with Gasteiger partial charge in [0.25, 0.3) is 0 Å². The van der Waals surface area contributed by atoms with Gasteiger partial charge in [0.1, 0.15) is 43.2 Å². The molecule has 1 aliphatic heterocycles. The number of fused-ring (bicyclic) bond motifs is 2. The molecule has 288 valence electrons. The summed E-state index contributed by atoms with van der Waals surface area (Å²) >= 11 is 23.8. The van der Waals surface area contributed by atoms with Crippen molar-refractivity contribution in [1.29, 1.82) is 0 Å². The molecule has 0 spiro atoms. The monoisotopic (exact) mass is 842 g/mol. The molecule has 0 radical (unpaired) electrons. The van der Waals surface area contributed by atoms with Crippen molar-refractivity contribution in [3.05, 3.63) is 89.6 Å². The molecule has 0 unspecified atom stereocenters.